The Morgan fingerprint density at radius 1 is 1.25 bits per heavy atom. The summed E-state index contributed by atoms with van der Waals surface area (Å²) in [5, 5.41) is 6.63. The second kappa shape index (κ2) is 4.95. The van der Waals surface area contributed by atoms with Gasteiger partial charge in [0.1, 0.15) is 0 Å². The van der Waals surface area contributed by atoms with E-state index < -0.39 is 0 Å². The summed E-state index contributed by atoms with van der Waals surface area (Å²) in [6, 6.07) is 11.0. The quantitative estimate of drug-likeness (QED) is 0.858. The molecule has 0 fully saturated rings. The van der Waals surface area contributed by atoms with Gasteiger partial charge in [0, 0.05) is 0 Å². The summed E-state index contributed by atoms with van der Waals surface area (Å²) in [7, 11) is 0. The van der Waals surface area contributed by atoms with Gasteiger partial charge in [-0.3, -0.25) is 0 Å². The van der Waals surface area contributed by atoms with Gasteiger partial charge in [-0.05, 0) is 0 Å². The van der Waals surface area contributed by atoms with Crippen LogP contribution < -0.4 is 9.67 Å². The van der Waals surface area contributed by atoms with E-state index in [9.17, 15) is 4.79 Å². The van der Waals surface area contributed by atoms with Gasteiger partial charge in [0.15, 0.2) is 0 Å². The third kappa shape index (κ3) is 2.50. The van der Waals surface area contributed by atoms with E-state index in [-0.39, 0.29) is 21.2 Å². The van der Waals surface area contributed by atoms with Gasteiger partial charge in [0.2, 0.25) is 0 Å². The van der Waals surface area contributed by atoms with Crippen LogP contribution in [-0.4, -0.2) is 26.5 Å². The Morgan fingerprint density at radius 2 is 2.00 bits per heavy atom. The van der Waals surface area contributed by atoms with E-state index in [0.29, 0.717) is 5.76 Å². The van der Waals surface area contributed by atoms with Crippen molar-refractivity contribution in [3.05, 3.63) is 48.4 Å². The van der Waals surface area contributed by atoms with E-state index in [1.165, 1.54) is 10.6 Å². The molecular formula is C12H10AsNO2. The van der Waals surface area contributed by atoms with Crippen molar-refractivity contribution in [3.8, 4) is 0 Å². The number of amides is 1. The maximum atomic E-state index is 11.6. The number of hydrogen-bond acceptors (Lipinski definition) is 2. The minimum atomic E-state index is -0.236. The summed E-state index contributed by atoms with van der Waals surface area (Å²) in [5.41, 5.74) is 0.764. The van der Waals surface area contributed by atoms with Crippen molar-refractivity contribution < 1.29 is 9.21 Å². The SMILES string of the molecule is C=[As]c1ccc(NC(=O)c2ccco2)cc1. The summed E-state index contributed by atoms with van der Waals surface area (Å²) in [5.74, 6) is 0.0770. The molecule has 3 nitrogen and oxygen atoms in total. The van der Waals surface area contributed by atoms with E-state index in [2.05, 4.69) is 10.6 Å². The molecule has 1 aromatic carbocycles. The number of carbonyl (C=O) groups is 1. The van der Waals surface area contributed by atoms with Gasteiger partial charge in [0.05, 0.1) is 0 Å². The first-order valence-electron chi connectivity index (χ1n) is 4.71. The number of nitrogens with one attached hydrogen (secondary N) is 1. The average molecular weight is 275 g/mol. The van der Waals surface area contributed by atoms with Crippen molar-refractivity contribution in [3.63, 3.8) is 0 Å². The van der Waals surface area contributed by atoms with Crippen LogP contribution in [-0.2, 0) is 0 Å². The van der Waals surface area contributed by atoms with Crippen molar-refractivity contribution >= 4 is 36.6 Å². The van der Waals surface area contributed by atoms with Crippen molar-refractivity contribution in [1.29, 1.82) is 0 Å². The van der Waals surface area contributed by atoms with E-state index in [1.807, 2.05) is 24.3 Å². The standard InChI is InChI=1S/C12H10AsNO2/c1-13-9-4-6-10(7-5-9)14-12(15)11-3-2-8-16-11/h2-8H,1H2,(H,14,15). The topological polar surface area (TPSA) is 42.2 Å². The molecule has 0 aliphatic rings. The number of benzene rings is 1. The van der Waals surface area contributed by atoms with Gasteiger partial charge in [-0.15, -0.1) is 0 Å². The predicted molar refractivity (Wildman–Crippen MR) is 65.6 cm³/mol. The molecule has 2 aromatic rings. The van der Waals surface area contributed by atoms with E-state index in [1.54, 1.807) is 12.1 Å². The minimum absolute atomic E-state index is 0.0118. The van der Waals surface area contributed by atoms with Gasteiger partial charge >= 0.3 is 99.5 Å². The van der Waals surface area contributed by atoms with E-state index in [0.717, 1.165) is 5.69 Å². The van der Waals surface area contributed by atoms with Gasteiger partial charge < -0.3 is 0 Å². The fourth-order valence-electron chi connectivity index (χ4n) is 1.25. The van der Waals surface area contributed by atoms with Crippen LogP contribution in [0.3, 0.4) is 0 Å². The molecule has 1 aromatic heterocycles. The first-order valence-corrected chi connectivity index (χ1v) is 6.98. The van der Waals surface area contributed by atoms with Crippen molar-refractivity contribution in [2.24, 2.45) is 0 Å². The fourth-order valence-corrected chi connectivity index (χ4v) is 2.01. The molecule has 0 saturated heterocycles. The van der Waals surface area contributed by atoms with Crippen LogP contribution in [0.5, 0.6) is 0 Å². The second-order valence-electron chi connectivity index (χ2n) is 3.14. The van der Waals surface area contributed by atoms with Crippen molar-refractivity contribution in [1.82, 2.24) is 0 Å². The molecule has 0 atom stereocenters. The van der Waals surface area contributed by atoms with E-state index >= 15 is 0 Å². The van der Waals surface area contributed by atoms with Crippen molar-refractivity contribution in [2.45, 2.75) is 0 Å². The fraction of sp³-hybridized carbons (Fsp3) is 0. The average Bonchev–Trinajstić information content (AvgIpc) is 2.83. The second-order valence-corrected chi connectivity index (χ2v) is 4.88. The van der Waals surface area contributed by atoms with Crippen LogP contribution in [0.25, 0.3) is 0 Å². The Kier molecular flexibility index (Phi) is 3.37. The Morgan fingerprint density at radius 3 is 2.56 bits per heavy atom. The molecule has 0 bridgehead atoms. The van der Waals surface area contributed by atoms with Gasteiger partial charge in [0.25, 0.3) is 0 Å². The van der Waals surface area contributed by atoms with Crippen LogP contribution in [0.4, 0.5) is 5.69 Å². The zero-order valence-electron chi connectivity index (χ0n) is 8.51. The zero-order valence-corrected chi connectivity index (χ0v) is 10.4. The van der Waals surface area contributed by atoms with Gasteiger partial charge in [-0.1, -0.05) is 0 Å². The molecule has 0 aliphatic heterocycles. The maximum absolute atomic E-state index is 11.6. The number of hydrogen-bond donors (Lipinski definition) is 1. The number of rotatable bonds is 3. The molecule has 0 aliphatic carbocycles. The zero-order chi connectivity index (χ0) is 11.4. The molecule has 16 heavy (non-hydrogen) atoms. The monoisotopic (exact) mass is 275 g/mol. The normalized spacial score (nSPS) is 10.2. The van der Waals surface area contributed by atoms with Crippen LogP contribution in [0.2, 0.25) is 0 Å². The summed E-state index contributed by atoms with van der Waals surface area (Å²) in [4.78, 5) is 11.6. The third-order valence-corrected chi connectivity index (χ3v) is 3.44. The molecule has 0 unspecified atom stereocenters. The third-order valence-electron chi connectivity index (χ3n) is 2.05. The Hall–Kier alpha value is -1.60. The molecule has 1 amide bonds. The molecule has 0 saturated carbocycles. The molecule has 2 rings (SSSR count). The Bertz CT molecular complexity index is 488. The van der Waals surface area contributed by atoms with Crippen molar-refractivity contribution in [2.75, 3.05) is 5.32 Å². The van der Waals surface area contributed by atoms with Crippen LogP contribution in [0, 0.1) is 0 Å². The first-order chi connectivity index (χ1) is 7.79. The molecule has 1 N–H and O–H groups in total. The summed E-state index contributed by atoms with van der Waals surface area (Å²) >= 11 is -0.0118. The predicted octanol–water partition coefficient (Wildman–Crippen LogP) is 1.29. The van der Waals surface area contributed by atoms with Gasteiger partial charge in [-0.2, -0.15) is 0 Å². The van der Waals surface area contributed by atoms with Crippen LogP contribution in [0.1, 0.15) is 10.6 Å². The Balaban J connectivity index is 2.09. The van der Waals surface area contributed by atoms with E-state index in [4.69, 9.17) is 4.42 Å². The van der Waals surface area contributed by atoms with Crippen LogP contribution in [0.15, 0.2) is 47.1 Å². The molecule has 80 valence electrons. The summed E-state index contributed by atoms with van der Waals surface area (Å²) in [6.45, 7) is 0. The summed E-state index contributed by atoms with van der Waals surface area (Å²) < 4.78 is 6.22. The number of carbonyl (C=O) groups excluding carboxylic acids is 1. The van der Waals surface area contributed by atoms with Gasteiger partial charge in [-0.25, -0.2) is 0 Å². The molecule has 0 radical (unpaired) electrons. The molecular weight excluding hydrogens is 265 g/mol. The molecule has 4 heteroatoms. The Labute approximate surface area is 99.7 Å². The number of furan rings is 1. The summed E-state index contributed by atoms with van der Waals surface area (Å²) in [6.07, 6.45) is 1.48. The molecule has 1 heterocycles. The van der Waals surface area contributed by atoms with Crippen LogP contribution >= 0.6 is 0 Å². The molecule has 0 spiro atoms. The number of anilines is 1. The first kappa shape index (κ1) is 10.9.